The number of nitrogens with one attached hydrogen (secondary N) is 2. The first kappa shape index (κ1) is 17.0. The van der Waals surface area contributed by atoms with E-state index in [1.165, 1.54) is 6.33 Å². The maximum atomic E-state index is 11.4. The number of hydrogen-bond donors (Lipinski definition) is 2. The summed E-state index contributed by atoms with van der Waals surface area (Å²) in [6, 6.07) is 6.97. The SMILES string of the molecule is CC(C)CCNc1ncnc(Nc2ccccc2Cl)c1[N+](=O)[O-]. The first-order valence-corrected chi connectivity index (χ1v) is 7.61. The summed E-state index contributed by atoms with van der Waals surface area (Å²) in [5, 5.41) is 17.8. The highest BCUT2D eigenvalue weighted by Gasteiger charge is 2.23. The summed E-state index contributed by atoms with van der Waals surface area (Å²) in [5.74, 6) is 0.787. The van der Waals surface area contributed by atoms with E-state index in [0.29, 0.717) is 23.2 Å². The molecule has 122 valence electrons. The van der Waals surface area contributed by atoms with E-state index in [-0.39, 0.29) is 17.3 Å². The maximum Gasteiger partial charge on any atom is 0.353 e. The molecule has 0 saturated carbocycles. The van der Waals surface area contributed by atoms with Crippen LogP contribution in [-0.2, 0) is 0 Å². The Balaban J connectivity index is 2.29. The molecule has 0 aliphatic rings. The van der Waals surface area contributed by atoms with Gasteiger partial charge in [-0.25, -0.2) is 9.97 Å². The van der Waals surface area contributed by atoms with Crippen molar-refractivity contribution in [1.82, 2.24) is 9.97 Å². The van der Waals surface area contributed by atoms with Crippen LogP contribution in [0.3, 0.4) is 0 Å². The standard InChI is InChI=1S/C15H18ClN5O2/c1-10(2)7-8-17-14-13(21(22)23)15(19-9-18-14)20-12-6-4-3-5-11(12)16/h3-6,9-10H,7-8H2,1-2H3,(H2,17,18,19,20). The van der Waals surface area contributed by atoms with Crippen molar-refractivity contribution in [3.05, 3.63) is 45.7 Å². The van der Waals surface area contributed by atoms with Crippen molar-refractivity contribution in [3.8, 4) is 0 Å². The highest BCUT2D eigenvalue weighted by molar-refractivity contribution is 6.33. The van der Waals surface area contributed by atoms with Crippen LogP contribution in [0.15, 0.2) is 30.6 Å². The van der Waals surface area contributed by atoms with Crippen LogP contribution in [0, 0.1) is 16.0 Å². The summed E-state index contributed by atoms with van der Waals surface area (Å²) >= 11 is 6.07. The molecule has 2 aromatic rings. The average Bonchev–Trinajstić information content (AvgIpc) is 2.49. The van der Waals surface area contributed by atoms with E-state index in [1.807, 2.05) is 0 Å². The predicted molar refractivity (Wildman–Crippen MR) is 91.4 cm³/mol. The largest absolute Gasteiger partial charge is 0.364 e. The van der Waals surface area contributed by atoms with Crippen LogP contribution in [0.1, 0.15) is 20.3 Å². The van der Waals surface area contributed by atoms with Crippen molar-refractivity contribution in [2.24, 2.45) is 5.92 Å². The number of aromatic nitrogens is 2. The lowest BCUT2D eigenvalue weighted by atomic mass is 10.1. The van der Waals surface area contributed by atoms with Gasteiger partial charge in [0.25, 0.3) is 0 Å². The van der Waals surface area contributed by atoms with Gasteiger partial charge in [-0.15, -0.1) is 0 Å². The molecule has 1 heterocycles. The van der Waals surface area contributed by atoms with Crippen LogP contribution >= 0.6 is 11.6 Å². The minimum absolute atomic E-state index is 0.102. The number of nitro groups is 1. The van der Waals surface area contributed by atoms with E-state index in [2.05, 4.69) is 34.4 Å². The molecule has 0 aliphatic heterocycles. The molecule has 2 rings (SSSR count). The van der Waals surface area contributed by atoms with Gasteiger partial charge in [-0.05, 0) is 24.5 Å². The molecule has 0 saturated heterocycles. The van der Waals surface area contributed by atoms with Crippen molar-refractivity contribution in [2.45, 2.75) is 20.3 Å². The minimum Gasteiger partial charge on any atom is -0.364 e. The monoisotopic (exact) mass is 335 g/mol. The van der Waals surface area contributed by atoms with Crippen molar-refractivity contribution in [1.29, 1.82) is 0 Å². The molecular weight excluding hydrogens is 318 g/mol. The quantitative estimate of drug-likeness (QED) is 0.580. The summed E-state index contributed by atoms with van der Waals surface area (Å²) in [6.07, 6.45) is 2.16. The van der Waals surface area contributed by atoms with Gasteiger partial charge in [-0.1, -0.05) is 37.6 Å². The third kappa shape index (κ3) is 4.53. The second kappa shape index (κ2) is 7.73. The maximum absolute atomic E-state index is 11.4. The second-order valence-electron chi connectivity index (χ2n) is 5.39. The van der Waals surface area contributed by atoms with Crippen LogP contribution < -0.4 is 10.6 Å². The number of halogens is 1. The fourth-order valence-corrected chi connectivity index (χ4v) is 2.12. The Kier molecular flexibility index (Phi) is 5.70. The molecule has 7 nitrogen and oxygen atoms in total. The molecule has 0 aliphatic carbocycles. The van der Waals surface area contributed by atoms with E-state index >= 15 is 0 Å². The molecule has 23 heavy (non-hydrogen) atoms. The van der Waals surface area contributed by atoms with E-state index in [9.17, 15) is 10.1 Å². The molecule has 0 amide bonds. The lowest BCUT2D eigenvalue weighted by Gasteiger charge is -2.11. The highest BCUT2D eigenvalue weighted by Crippen LogP contribution is 2.33. The molecule has 0 fully saturated rings. The summed E-state index contributed by atoms with van der Waals surface area (Å²) in [5.41, 5.74) is 0.347. The zero-order valence-corrected chi connectivity index (χ0v) is 13.7. The third-order valence-corrected chi connectivity index (χ3v) is 3.48. The van der Waals surface area contributed by atoms with Gasteiger partial charge in [0.05, 0.1) is 15.6 Å². The van der Waals surface area contributed by atoms with Crippen LogP contribution in [0.5, 0.6) is 0 Å². The van der Waals surface area contributed by atoms with Crippen molar-refractivity contribution < 1.29 is 4.92 Å². The summed E-state index contributed by atoms with van der Waals surface area (Å²) in [7, 11) is 0. The highest BCUT2D eigenvalue weighted by atomic mass is 35.5. The Morgan fingerprint density at radius 2 is 1.96 bits per heavy atom. The van der Waals surface area contributed by atoms with E-state index in [0.717, 1.165) is 6.42 Å². The minimum atomic E-state index is -0.503. The van der Waals surface area contributed by atoms with E-state index in [1.54, 1.807) is 24.3 Å². The second-order valence-corrected chi connectivity index (χ2v) is 5.80. The number of hydrogen-bond acceptors (Lipinski definition) is 6. The molecule has 0 bridgehead atoms. The van der Waals surface area contributed by atoms with Gasteiger partial charge in [0.15, 0.2) is 0 Å². The number of nitrogens with zero attached hydrogens (tertiary/aromatic N) is 3. The Labute approximate surface area is 139 Å². The van der Waals surface area contributed by atoms with Crippen LogP contribution in [0.2, 0.25) is 5.02 Å². The lowest BCUT2D eigenvalue weighted by Crippen LogP contribution is -2.10. The van der Waals surface area contributed by atoms with Crippen molar-refractivity contribution in [2.75, 3.05) is 17.2 Å². The molecule has 8 heteroatoms. The van der Waals surface area contributed by atoms with Crippen LogP contribution in [-0.4, -0.2) is 21.4 Å². The zero-order valence-electron chi connectivity index (χ0n) is 12.9. The Bertz CT molecular complexity index is 693. The Morgan fingerprint density at radius 1 is 1.26 bits per heavy atom. The molecule has 0 radical (unpaired) electrons. The summed E-state index contributed by atoms with van der Waals surface area (Å²) < 4.78 is 0. The smallest absolute Gasteiger partial charge is 0.353 e. The third-order valence-electron chi connectivity index (χ3n) is 3.15. The first-order valence-electron chi connectivity index (χ1n) is 7.24. The summed E-state index contributed by atoms with van der Waals surface area (Å²) in [6.45, 7) is 4.77. The molecule has 0 unspecified atom stereocenters. The number of benzene rings is 1. The van der Waals surface area contributed by atoms with Crippen LogP contribution in [0.4, 0.5) is 23.0 Å². The van der Waals surface area contributed by atoms with Gasteiger partial charge in [-0.3, -0.25) is 10.1 Å². The van der Waals surface area contributed by atoms with Gasteiger partial charge in [0, 0.05) is 6.54 Å². The zero-order chi connectivity index (χ0) is 16.8. The van der Waals surface area contributed by atoms with Crippen molar-refractivity contribution >= 4 is 34.6 Å². The predicted octanol–water partition coefficient (Wildman–Crippen LogP) is 4.24. The van der Waals surface area contributed by atoms with Gasteiger partial charge in [0.1, 0.15) is 6.33 Å². The lowest BCUT2D eigenvalue weighted by molar-refractivity contribution is -0.383. The Hall–Kier alpha value is -2.41. The number of rotatable bonds is 7. The van der Waals surface area contributed by atoms with E-state index < -0.39 is 4.92 Å². The first-order chi connectivity index (χ1) is 11.0. The molecular formula is C15H18ClN5O2. The fraction of sp³-hybridized carbons (Fsp3) is 0.333. The molecule has 2 N–H and O–H groups in total. The van der Waals surface area contributed by atoms with Crippen molar-refractivity contribution in [3.63, 3.8) is 0 Å². The molecule has 0 spiro atoms. The van der Waals surface area contributed by atoms with E-state index in [4.69, 9.17) is 11.6 Å². The number of anilines is 3. The Morgan fingerprint density at radius 3 is 2.61 bits per heavy atom. The van der Waals surface area contributed by atoms with Gasteiger partial charge in [0.2, 0.25) is 11.6 Å². The van der Waals surface area contributed by atoms with Gasteiger partial charge >= 0.3 is 5.69 Å². The van der Waals surface area contributed by atoms with Crippen LogP contribution in [0.25, 0.3) is 0 Å². The molecule has 0 atom stereocenters. The van der Waals surface area contributed by atoms with Gasteiger partial charge in [-0.2, -0.15) is 0 Å². The molecule has 1 aromatic heterocycles. The number of para-hydroxylation sites is 1. The normalized spacial score (nSPS) is 10.6. The molecule has 1 aromatic carbocycles. The topological polar surface area (TPSA) is 93.0 Å². The summed E-state index contributed by atoms with van der Waals surface area (Å²) in [4.78, 5) is 18.9. The fourth-order valence-electron chi connectivity index (χ4n) is 1.94. The van der Waals surface area contributed by atoms with Gasteiger partial charge < -0.3 is 10.6 Å². The average molecular weight is 336 g/mol.